The summed E-state index contributed by atoms with van der Waals surface area (Å²) in [6, 6.07) is 8.91. The van der Waals surface area contributed by atoms with Crippen LogP contribution in [0.3, 0.4) is 0 Å². The number of para-hydroxylation sites is 1. The van der Waals surface area contributed by atoms with E-state index >= 15 is 0 Å². The summed E-state index contributed by atoms with van der Waals surface area (Å²) in [5, 5.41) is 23.0. The number of hydrogen-bond acceptors (Lipinski definition) is 6. The minimum absolute atomic E-state index is 0.0343. The number of benzene rings is 1. The highest BCUT2D eigenvalue weighted by atomic mass is 16.6. The van der Waals surface area contributed by atoms with E-state index < -0.39 is 4.92 Å². The maximum atomic E-state index is 11.1. The van der Waals surface area contributed by atoms with E-state index in [0.717, 1.165) is 16.6 Å². The Bertz CT molecular complexity index is 941. The molecule has 0 saturated carbocycles. The number of H-pyrrole nitrogens is 1. The lowest BCUT2D eigenvalue weighted by Crippen LogP contribution is -2.07. The molecule has 8 nitrogen and oxygen atoms in total. The number of hydrogen-bond donors (Lipinski definition) is 2. The maximum Gasteiger partial charge on any atom is 0.328 e. The van der Waals surface area contributed by atoms with E-state index in [-0.39, 0.29) is 23.6 Å². The summed E-state index contributed by atoms with van der Waals surface area (Å²) in [4.78, 5) is 22.1. The fraction of sp³-hybridized carbons (Fsp3) is 0.133. The first kappa shape index (κ1) is 14.5. The zero-order valence-corrected chi connectivity index (χ0v) is 12.2. The molecule has 0 saturated heterocycles. The van der Waals surface area contributed by atoms with Crippen LogP contribution in [0.4, 0.5) is 11.5 Å². The van der Waals surface area contributed by atoms with Crippen molar-refractivity contribution in [3.8, 4) is 6.07 Å². The molecule has 2 aromatic heterocycles. The topological polar surface area (TPSA) is 121 Å². The first-order valence-corrected chi connectivity index (χ1v) is 6.81. The zero-order valence-electron chi connectivity index (χ0n) is 12.2. The molecule has 0 atom stereocenters. The molecule has 0 aliphatic carbocycles. The second-order valence-corrected chi connectivity index (χ2v) is 4.93. The Morgan fingerprint density at radius 1 is 1.43 bits per heavy atom. The van der Waals surface area contributed by atoms with Crippen molar-refractivity contribution in [3.05, 3.63) is 57.5 Å². The number of aromatic nitrogens is 3. The number of fused-ring (bicyclic) bond motifs is 1. The molecule has 0 spiro atoms. The molecule has 23 heavy (non-hydrogen) atoms. The van der Waals surface area contributed by atoms with Crippen molar-refractivity contribution in [1.82, 2.24) is 15.0 Å². The van der Waals surface area contributed by atoms with Gasteiger partial charge in [-0.05, 0) is 24.6 Å². The number of nitrogens with zero attached hydrogens (tertiary/aromatic N) is 4. The molecular formula is C15H12N6O2. The number of imidazole rings is 1. The van der Waals surface area contributed by atoms with E-state index in [1.54, 1.807) is 6.07 Å². The standard InChI is InChI=1S/C15H12N6O2/c1-9-3-2-4-11-13(9)20-12(19-11)8-18-15-14(21(22)23)10(7-16)5-6-17-15/h2-6H,8H2,1H3,(H,17,18)(H,19,20). The number of aromatic amines is 1. The fourth-order valence-corrected chi connectivity index (χ4v) is 2.34. The fourth-order valence-electron chi connectivity index (χ4n) is 2.34. The van der Waals surface area contributed by atoms with Gasteiger partial charge < -0.3 is 10.3 Å². The van der Waals surface area contributed by atoms with Gasteiger partial charge in [-0.15, -0.1) is 0 Å². The van der Waals surface area contributed by atoms with Crippen molar-refractivity contribution in [3.63, 3.8) is 0 Å². The van der Waals surface area contributed by atoms with Gasteiger partial charge in [-0.3, -0.25) is 10.1 Å². The number of nitro groups is 1. The Morgan fingerprint density at radius 3 is 2.96 bits per heavy atom. The van der Waals surface area contributed by atoms with Gasteiger partial charge in [-0.2, -0.15) is 5.26 Å². The number of rotatable bonds is 4. The number of pyridine rings is 1. The molecule has 0 amide bonds. The first-order chi connectivity index (χ1) is 11.1. The lowest BCUT2D eigenvalue weighted by atomic mass is 10.2. The Morgan fingerprint density at radius 2 is 2.26 bits per heavy atom. The molecule has 1 aromatic carbocycles. The van der Waals surface area contributed by atoms with E-state index in [1.165, 1.54) is 12.3 Å². The second-order valence-electron chi connectivity index (χ2n) is 4.93. The van der Waals surface area contributed by atoms with Gasteiger partial charge in [0, 0.05) is 6.20 Å². The van der Waals surface area contributed by atoms with Crippen LogP contribution < -0.4 is 5.32 Å². The molecule has 0 fully saturated rings. The number of aryl methyl sites for hydroxylation is 1. The minimum atomic E-state index is -0.614. The molecule has 0 radical (unpaired) electrons. The third kappa shape index (κ3) is 2.67. The zero-order chi connectivity index (χ0) is 16.4. The van der Waals surface area contributed by atoms with E-state index in [1.807, 2.05) is 25.1 Å². The molecule has 0 bridgehead atoms. The number of nitrogens with one attached hydrogen (secondary N) is 2. The monoisotopic (exact) mass is 308 g/mol. The van der Waals surface area contributed by atoms with Gasteiger partial charge in [0.2, 0.25) is 5.82 Å². The van der Waals surface area contributed by atoms with Gasteiger partial charge >= 0.3 is 5.69 Å². The van der Waals surface area contributed by atoms with E-state index in [9.17, 15) is 10.1 Å². The largest absolute Gasteiger partial charge is 0.357 e. The van der Waals surface area contributed by atoms with Crippen LogP contribution in [0.5, 0.6) is 0 Å². The molecular weight excluding hydrogens is 296 g/mol. The Balaban J connectivity index is 1.89. The van der Waals surface area contributed by atoms with Gasteiger partial charge in [-0.1, -0.05) is 12.1 Å². The molecule has 8 heteroatoms. The predicted molar refractivity (Wildman–Crippen MR) is 83.8 cm³/mol. The van der Waals surface area contributed by atoms with Crippen molar-refractivity contribution in [2.45, 2.75) is 13.5 Å². The normalized spacial score (nSPS) is 10.4. The summed E-state index contributed by atoms with van der Waals surface area (Å²) >= 11 is 0. The lowest BCUT2D eigenvalue weighted by molar-refractivity contribution is -0.384. The van der Waals surface area contributed by atoms with Crippen LogP contribution in [-0.4, -0.2) is 19.9 Å². The molecule has 3 aromatic rings. The second kappa shape index (κ2) is 5.73. The smallest absolute Gasteiger partial charge is 0.328 e. The van der Waals surface area contributed by atoms with E-state index in [0.29, 0.717) is 5.82 Å². The van der Waals surface area contributed by atoms with E-state index in [2.05, 4.69) is 20.3 Å². The summed E-state index contributed by atoms with van der Waals surface area (Å²) < 4.78 is 0. The quantitative estimate of drug-likeness (QED) is 0.564. The van der Waals surface area contributed by atoms with Crippen LogP contribution in [0.1, 0.15) is 17.0 Å². The maximum absolute atomic E-state index is 11.1. The number of nitriles is 1. The van der Waals surface area contributed by atoms with Gasteiger partial charge in [0.15, 0.2) is 0 Å². The Hall–Kier alpha value is -3.47. The highest BCUT2D eigenvalue weighted by Crippen LogP contribution is 2.26. The van der Waals surface area contributed by atoms with Crippen molar-refractivity contribution in [2.75, 3.05) is 5.32 Å². The summed E-state index contributed by atoms with van der Waals surface area (Å²) in [6.45, 7) is 2.19. The molecule has 0 unspecified atom stereocenters. The van der Waals surface area contributed by atoms with Gasteiger partial charge in [0.25, 0.3) is 0 Å². The average molecular weight is 308 g/mol. The number of anilines is 1. The Labute approximate surface area is 131 Å². The highest BCUT2D eigenvalue weighted by Gasteiger charge is 2.21. The molecule has 114 valence electrons. The molecule has 2 N–H and O–H groups in total. The molecule has 0 aliphatic rings. The summed E-state index contributed by atoms with van der Waals surface area (Å²) in [5.74, 6) is 0.680. The Kier molecular flexibility index (Phi) is 3.60. The molecule has 2 heterocycles. The van der Waals surface area contributed by atoms with Crippen LogP contribution in [0.15, 0.2) is 30.5 Å². The van der Waals surface area contributed by atoms with E-state index in [4.69, 9.17) is 5.26 Å². The van der Waals surface area contributed by atoms with Crippen LogP contribution in [0.2, 0.25) is 0 Å². The third-order valence-corrected chi connectivity index (χ3v) is 3.41. The van der Waals surface area contributed by atoms with Gasteiger partial charge in [-0.25, -0.2) is 9.97 Å². The SMILES string of the molecule is Cc1cccc2[nH]c(CNc3nccc(C#N)c3[N+](=O)[O-])nc12. The highest BCUT2D eigenvalue weighted by molar-refractivity contribution is 5.78. The summed E-state index contributed by atoms with van der Waals surface area (Å²) in [6.07, 6.45) is 1.36. The third-order valence-electron chi connectivity index (χ3n) is 3.41. The van der Waals surface area contributed by atoms with Crippen LogP contribution in [-0.2, 0) is 6.54 Å². The summed E-state index contributed by atoms with van der Waals surface area (Å²) in [7, 11) is 0. The molecule has 0 aliphatic heterocycles. The van der Waals surface area contributed by atoms with Crippen molar-refractivity contribution >= 4 is 22.5 Å². The lowest BCUT2D eigenvalue weighted by Gasteiger charge is -2.04. The molecule has 3 rings (SSSR count). The predicted octanol–water partition coefficient (Wildman–Crippen LogP) is 2.66. The van der Waals surface area contributed by atoms with Gasteiger partial charge in [0.05, 0.1) is 22.5 Å². The van der Waals surface area contributed by atoms with Crippen LogP contribution in [0.25, 0.3) is 11.0 Å². The minimum Gasteiger partial charge on any atom is -0.357 e. The summed E-state index contributed by atoms with van der Waals surface area (Å²) in [5.41, 5.74) is 2.43. The van der Waals surface area contributed by atoms with Gasteiger partial charge in [0.1, 0.15) is 17.5 Å². The van der Waals surface area contributed by atoms with Crippen molar-refractivity contribution in [2.24, 2.45) is 0 Å². The van der Waals surface area contributed by atoms with Crippen molar-refractivity contribution in [1.29, 1.82) is 5.26 Å². The van der Waals surface area contributed by atoms with Crippen LogP contribution in [0, 0.1) is 28.4 Å². The van der Waals surface area contributed by atoms with Crippen LogP contribution >= 0.6 is 0 Å². The first-order valence-electron chi connectivity index (χ1n) is 6.81. The average Bonchev–Trinajstić information content (AvgIpc) is 2.96. The van der Waals surface area contributed by atoms with Crippen molar-refractivity contribution < 1.29 is 4.92 Å².